The van der Waals surface area contributed by atoms with E-state index in [-0.39, 0.29) is 86.7 Å². The number of carbonyl (C=O) groups is 2. The fourth-order valence-electron chi connectivity index (χ4n) is 5.50. The Morgan fingerprint density at radius 3 is 1.40 bits per heavy atom. The van der Waals surface area contributed by atoms with Crippen molar-refractivity contribution in [3.05, 3.63) is 84.0 Å². The maximum absolute atomic E-state index is 12.1. The number of carbonyl (C=O) groups excluding carboxylic acids is 2. The van der Waals surface area contributed by atoms with Crippen LogP contribution in [0.2, 0.25) is 0 Å². The van der Waals surface area contributed by atoms with E-state index in [4.69, 9.17) is 61.6 Å². The zero-order chi connectivity index (χ0) is 42.7. The quantitative estimate of drug-likeness (QED) is 0.0430. The van der Waals surface area contributed by atoms with E-state index in [0.29, 0.717) is 58.6 Å². The van der Waals surface area contributed by atoms with Crippen molar-refractivity contribution in [3.63, 3.8) is 0 Å². The van der Waals surface area contributed by atoms with Crippen molar-refractivity contribution in [2.75, 3.05) is 106 Å². The average molecular weight is 843 g/mol. The van der Waals surface area contributed by atoms with Gasteiger partial charge >= 0.3 is 11.9 Å². The van der Waals surface area contributed by atoms with Crippen LogP contribution in [-0.4, -0.2) is 154 Å². The predicted molar refractivity (Wildman–Crippen MR) is 218 cm³/mol. The molecule has 6 atom stereocenters. The van der Waals surface area contributed by atoms with Crippen LogP contribution < -0.4 is 9.47 Å². The Morgan fingerprint density at radius 2 is 0.983 bits per heavy atom. The van der Waals surface area contributed by atoms with Crippen molar-refractivity contribution in [2.24, 2.45) is 0 Å². The third-order valence-corrected chi connectivity index (χ3v) is 9.60. The van der Waals surface area contributed by atoms with Crippen LogP contribution >= 0.6 is 0 Å². The van der Waals surface area contributed by atoms with Gasteiger partial charge in [0.1, 0.15) is 61.8 Å². The van der Waals surface area contributed by atoms with Gasteiger partial charge in [-0.3, -0.25) is 0 Å². The highest BCUT2D eigenvalue weighted by atomic mass is 16.6. The van der Waals surface area contributed by atoms with E-state index in [1.165, 1.54) is 13.8 Å². The normalized spacial score (nSPS) is 19.4. The molecule has 0 aromatic heterocycles. The summed E-state index contributed by atoms with van der Waals surface area (Å²) < 4.78 is 73.5. The second kappa shape index (κ2) is 24.5. The summed E-state index contributed by atoms with van der Waals surface area (Å²) in [7, 11) is 0. The molecule has 3 fully saturated rings. The van der Waals surface area contributed by atoms with Gasteiger partial charge in [-0.05, 0) is 49.2 Å². The lowest BCUT2D eigenvalue weighted by Gasteiger charge is -2.27. The van der Waals surface area contributed by atoms with E-state index in [9.17, 15) is 9.59 Å². The SMILES string of the molecule is C=C(C)C(=O)OCC(COCCOCC(COc1ccc(C(C)(C)c2ccc(OCC(COCCOCC3CO3)OCC3CO3)cc2)cc1)OCC1CO1)OC(=O)C(=C)C. The van der Waals surface area contributed by atoms with Crippen molar-refractivity contribution < 1.29 is 71.2 Å². The summed E-state index contributed by atoms with van der Waals surface area (Å²) in [6.45, 7) is 20.8. The number of hydrogen-bond donors (Lipinski definition) is 0. The van der Waals surface area contributed by atoms with Gasteiger partial charge in [-0.25, -0.2) is 9.59 Å². The van der Waals surface area contributed by atoms with E-state index in [0.717, 1.165) is 30.1 Å². The van der Waals surface area contributed by atoms with E-state index in [2.05, 4.69) is 51.3 Å². The van der Waals surface area contributed by atoms with Gasteiger partial charge in [0, 0.05) is 16.6 Å². The lowest BCUT2D eigenvalue weighted by atomic mass is 9.78. The second-order valence-electron chi connectivity index (χ2n) is 15.6. The number of epoxide rings is 3. The minimum absolute atomic E-state index is 0.00125. The van der Waals surface area contributed by atoms with Crippen molar-refractivity contribution in [2.45, 2.75) is 69.7 Å². The van der Waals surface area contributed by atoms with Crippen LogP contribution in [-0.2, 0) is 67.1 Å². The van der Waals surface area contributed by atoms with Crippen LogP contribution in [0.3, 0.4) is 0 Å². The zero-order valence-electron chi connectivity index (χ0n) is 35.4. The molecule has 0 spiro atoms. The van der Waals surface area contributed by atoms with Gasteiger partial charge in [-0.1, -0.05) is 51.3 Å². The molecule has 2 aromatic carbocycles. The summed E-state index contributed by atoms with van der Waals surface area (Å²) in [5.74, 6) is 0.264. The Kier molecular flexibility index (Phi) is 19.3. The first-order chi connectivity index (χ1) is 29.0. The molecular formula is C45H62O15. The third-order valence-electron chi connectivity index (χ3n) is 9.60. The van der Waals surface area contributed by atoms with Crippen LogP contribution in [0.4, 0.5) is 0 Å². The smallest absolute Gasteiger partial charge is 0.333 e. The zero-order valence-corrected chi connectivity index (χ0v) is 35.4. The van der Waals surface area contributed by atoms with Crippen molar-refractivity contribution in [3.8, 4) is 11.5 Å². The highest BCUT2D eigenvalue weighted by molar-refractivity contribution is 5.87. The Morgan fingerprint density at radius 1 is 0.583 bits per heavy atom. The molecular weight excluding hydrogens is 780 g/mol. The molecule has 5 rings (SSSR count). The molecule has 3 aliphatic rings. The number of esters is 2. The number of ether oxygens (including phenoxy) is 13. The molecule has 0 N–H and O–H groups in total. The largest absolute Gasteiger partial charge is 0.491 e. The van der Waals surface area contributed by atoms with Crippen molar-refractivity contribution in [1.82, 2.24) is 0 Å². The molecule has 0 radical (unpaired) electrons. The Balaban J connectivity index is 1.03. The van der Waals surface area contributed by atoms with Gasteiger partial charge in [-0.2, -0.15) is 0 Å². The minimum atomic E-state index is -0.815. The van der Waals surface area contributed by atoms with Gasteiger partial charge in [0.2, 0.25) is 0 Å². The summed E-state index contributed by atoms with van der Waals surface area (Å²) in [6, 6.07) is 16.2. The maximum Gasteiger partial charge on any atom is 0.333 e. The standard InChI is InChI=1S/C45H62O15/c1-31(2)43(46)59-30-42(60-44(47)32(3)4)22-51-18-17-50-20-38(56-27-41-29-58-41)24-53-36-13-9-34(10-14-36)45(5,6)33-7-11-35(12-8-33)52-23-37(55-26-40-28-57-40)19-48-15-16-49-21-39-25-54-39/h7-14,37-42H,1,3,15-30H2,2,4-6H3. The summed E-state index contributed by atoms with van der Waals surface area (Å²) in [5, 5.41) is 0. The van der Waals surface area contributed by atoms with E-state index in [1.807, 2.05) is 24.3 Å². The number of hydrogen-bond acceptors (Lipinski definition) is 15. The van der Waals surface area contributed by atoms with Gasteiger partial charge in [-0.15, -0.1) is 0 Å². The van der Waals surface area contributed by atoms with Gasteiger partial charge in [0.05, 0.1) is 85.9 Å². The Hall–Kier alpha value is -3.90. The number of benzene rings is 2. The Bertz CT molecular complexity index is 1620. The molecule has 0 aliphatic carbocycles. The van der Waals surface area contributed by atoms with Gasteiger partial charge in [0.15, 0.2) is 6.10 Å². The van der Waals surface area contributed by atoms with Crippen molar-refractivity contribution >= 4 is 11.9 Å². The molecule has 2 aromatic rings. The highest BCUT2D eigenvalue weighted by Gasteiger charge is 2.27. The third kappa shape index (κ3) is 18.0. The van der Waals surface area contributed by atoms with Crippen LogP contribution in [0, 0.1) is 0 Å². The maximum atomic E-state index is 12.1. The Labute approximate surface area is 353 Å². The molecule has 15 nitrogen and oxygen atoms in total. The van der Waals surface area contributed by atoms with Crippen LogP contribution in [0.25, 0.3) is 0 Å². The lowest BCUT2D eigenvalue weighted by Crippen LogP contribution is -2.31. The van der Waals surface area contributed by atoms with Gasteiger partial charge < -0.3 is 61.6 Å². The summed E-state index contributed by atoms with van der Waals surface area (Å²) >= 11 is 0. The summed E-state index contributed by atoms with van der Waals surface area (Å²) in [6.07, 6.45) is -0.938. The topological polar surface area (TPSA) is 164 Å². The van der Waals surface area contributed by atoms with Crippen molar-refractivity contribution in [1.29, 1.82) is 0 Å². The highest BCUT2D eigenvalue weighted by Crippen LogP contribution is 2.33. The first kappa shape index (κ1) is 47.2. The minimum Gasteiger partial charge on any atom is -0.491 e. The molecule has 0 amide bonds. The second-order valence-corrected chi connectivity index (χ2v) is 15.6. The molecule has 60 heavy (non-hydrogen) atoms. The average Bonchev–Trinajstić information content (AvgIpc) is 4.08. The first-order valence-corrected chi connectivity index (χ1v) is 20.5. The van der Waals surface area contributed by atoms with Crippen LogP contribution in [0.5, 0.6) is 11.5 Å². The van der Waals surface area contributed by atoms with E-state index < -0.39 is 18.0 Å². The molecule has 3 heterocycles. The van der Waals surface area contributed by atoms with Crippen LogP contribution in [0.1, 0.15) is 38.8 Å². The molecule has 3 aliphatic heterocycles. The number of rotatable bonds is 33. The molecule has 3 saturated heterocycles. The molecule has 15 heteroatoms. The monoisotopic (exact) mass is 842 g/mol. The summed E-state index contributed by atoms with van der Waals surface area (Å²) in [4.78, 5) is 23.9. The molecule has 0 saturated carbocycles. The summed E-state index contributed by atoms with van der Waals surface area (Å²) in [5.41, 5.74) is 2.43. The fraction of sp³-hybridized carbons (Fsp3) is 0.600. The first-order valence-electron chi connectivity index (χ1n) is 20.5. The fourth-order valence-corrected chi connectivity index (χ4v) is 5.50. The van der Waals surface area contributed by atoms with Crippen LogP contribution in [0.15, 0.2) is 72.8 Å². The lowest BCUT2D eigenvalue weighted by molar-refractivity contribution is -0.158. The molecule has 6 unspecified atom stereocenters. The molecule has 332 valence electrons. The van der Waals surface area contributed by atoms with E-state index in [1.54, 1.807) is 0 Å². The van der Waals surface area contributed by atoms with Gasteiger partial charge in [0.25, 0.3) is 0 Å². The van der Waals surface area contributed by atoms with E-state index >= 15 is 0 Å². The molecule has 0 bridgehead atoms. The predicted octanol–water partition coefficient (Wildman–Crippen LogP) is 4.41.